The van der Waals surface area contributed by atoms with E-state index in [2.05, 4.69) is 15.2 Å². The van der Waals surface area contributed by atoms with Crippen LogP contribution in [0.2, 0.25) is 10.0 Å². The molecule has 1 fully saturated rings. The molecular weight excluding hydrogens is 269 g/mol. The molecule has 1 N–H and O–H groups in total. The maximum absolute atomic E-state index is 6.17. The predicted molar refractivity (Wildman–Crippen MR) is 73.0 cm³/mol. The average molecular weight is 282 g/mol. The van der Waals surface area contributed by atoms with Crippen LogP contribution < -0.4 is 0 Å². The molecule has 18 heavy (non-hydrogen) atoms. The predicted octanol–water partition coefficient (Wildman–Crippen LogP) is 4.44. The summed E-state index contributed by atoms with van der Waals surface area (Å²) in [5.41, 5.74) is 0.782. The first-order valence-corrected chi connectivity index (χ1v) is 6.88. The van der Waals surface area contributed by atoms with Gasteiger partial charge in [-0.25, -0.2) is 4.98 Å². The molecule has 1 aromatic heterocycles. The molecule has 2 aromatic rings. The molecule has 0 amide bonds. The second kappa shape index (κ2) is 4.90. The molecule has 0 atom stereocenters. The summed E-state index contributed by atoms with van der Waals surface area (Å²) in [4.78, 5) is 4.55. The summed E-state index contributed by atoms with van der Waals surface area (Å²) in [7, 11) is 0. The second-order valence-electron chi connectivity index (χ2n) is 4.63. The van der Waals surface area contributed by atoms with Crippen molar-refractivity contribution in [3.05, 3.63) is 34.1 Å². The Morgan fingerprint density at radius 3 is 2.72 bits per heavy atom. The number of halogens is 2. The van der Waals surface area contributed by atoms with Gasteiger partial charge < -0.3 is 0 Å². The molecule has 0 bridgehead atoms. The van der Waals surface area contributed by atoms with Gasteiger partial charge in [0.2, 0.25) is 0 Å². The van der Waals surface area contributed by atoms with Gasteiger partial charge >= 0.3 is 0 Å². The molecule has 1 aromatic carbocycles. The van der Waals surface area contributed by atoms with Gasteiger partial charge in [-0.3, -0.25) is 5.10 Å². The molecule has 0 unspecified atom stereocenters. The van der Waals surface area contributed by atoms with E-state index in [1.165, 1.54) is 25.7 Å². The van der Waals surface area contributed by atoms with Crippen LogP contribution in [0.4, 0.5) is 0 Å². The van der Waals surface area contributed by atoms with Crippen LogP contribution in [0.25, 0.3) is 11.4 Å². The number of nitrogens with one attached hydrogen (secondary N) is 1. The molecule has 94 valence electrons. The third-order valence-corrected chi connectivity index (χ3v) is 4.26. The van der Waals surface area contributed by atoms with Crippen molar-refractivity contribution in [2.24, 2.45) is 0 Å². The number of benzene rings is 1. The van der Waals surface area contributed by atoms with Crippen LogP contribution in [-0.4, -0.2) is 15.2 Å². The fourth-order valence-electron chi connectivity index (χ4n) is 2.45. The molecule has 0 saturated heterocycles. The zero-order chi connectivity index (χ0) is 12.5. The minimum absolute atomic E-state index is 0.510. The third kappa shape index (κ3) is 2.13. The molecule has 3 nitrogen and oxygen atoms in total. The molecule has 1 heterocycles. The molecule has 0 spiro atoms. The van der Waals surface area contributed by atoms with E-state index in [0.717, 1.165) is 11.4 Å². The van der Waals surface area contributed by atoms with Crippen LogP contribution in [0.3, 0.4) is 0 Å². The minimum atomic E-state index is 0.510. The Labute approximate surface area is 116 Å². The van der Waals surface area contributed by atoms with Crippen LogP contribution in [0.1, 0.15) is 37.4 Å². The van der Waals surface area contributed by atoms with Gasteiger partial charge in [-0.05, 0) is 25.0 Å². The van der Waals surface area contributed by atoms with E-state index in [1.807, 2.05) is 12.1 Å². The van der Waals surface area contributed by atoms with Gasteiger partial charge in [0.15, 0.2) is 5.82 Å². The van der Waals surface area contributed by atoms with Gasteiger partial charge in [-0.1, -0.05) is 42.1 Å². The second-order valence-corrected chi connectivity index (χ2v) is 5.41. The Morgan fingerprint density at radius 1 is 1.17 bits per heavy atom. The van der Waals surface area contributed by atoms with Crippen molar-refractivity contribution in [1.29, 1.82) is 0 Å². The van der Waals surface area contributed by atoms with Crippen LogP contribution in [0.5, 0.6) is 0 Å². The van der Waals surface area contributed by atoms with E-state index in [4.69, 9.17) is 23.2 Å². The minimum Gasteiger partial charge on any atom is -0.262 e. The number of aromatic amines is 1. The van der Waals surface area contributed by atoms with Gasteiger partial charge in [0, 0.05) is 11.5 Å². The normalized spacial score (nSPS) is 16.3. The van der Waals surface area contributed by atoms with Crippen molar-refractivity contribution in [2.75, 3.05) is 0 Å². The standard InChI is InChI=1S/C13H13Cl2N3/c14-10-7-3-6-9(11(10)15)13-16-12(17-18-13)8-4-1-2-5-8/h3,6-8H,1-2,4-5H2,(H,16,17,18). The molecule has 3 rings (SSSR count). The van der Waals surface area contributed by atoms with Crippen molar-refractivity contribution in [1.82, 2.24) is 15.2 Å². The first-order chi connectivity index (χ1) is 8.75. The Bertz CT molecular complexity index is 559. The number of hydrogen-bond acceptors (Lipinski definition) is 2. The molecule has 1 saturated carbocycles. The Morgan fingerprint density at radius 2 is 1.94 bits per heavy atom. The maximum Gasteiger partial charge on any atom is 0.182 e. The summed E-state index contributed by atoms with van der Waals surface area (Å²) in [6.07, 6.45) is 4.94. The van der Waals surface area contributed by atoms with E-state index in [0.29, 0.717) is 21.8 Å². The summed E-state index contributed by atoms with van der Waals surface area (Å²) < 4.78 is 0. The third-order valence-electron chi connectivity index (χ3n) is 3.44. The van der Waals surface area contributed by atoms with E-state index in [-0.39, 0.29) is 0 Å². The largest absolute Gasteiger partial charge is 0.262 e. The number of H-pyrrole nitrogens is 1. The van der Waals surface area contributed by atoms with Crippen LogP contribution in [0, 0.1) is 0 Å². The van der Waals surface area contributed by atoms with Crippen molar-refractivity contribution in [3.63, 3.8) is 0 Å². The smallest absolute Gasteiger partial charge is 0.182 e. The summed E-state index contributed by atoms with van der Waals surface area (Å²) in [6.45, 7) is 0. The topological polar surface area (TPSA) is 41.6 Å². The van der Waals surface area contributed by atoms with Gasteiger partial charge in [0.05, 0.1) is 10.0 Å². The highest BCUT2D eigenvalue weighted by atomic mass is 35.5. The lowest BCUT2D eigenvalue weighted by Gasteiger charge is -2.03. The molecule has 0 aliphatic heterocycles. The number of nitrogens with zero attached hydrogens (tertiary/aromatic N) is 2. The maximum atomic E-state index is 6.17. The SMILES string of the molecule is Clc1cccc(-c2n[nH]c(C3CCCC3)n2)c1Cl. The summed E-state index contributed by atoms with van der Waals surface area (Å²) >= 11 is 12.2. The van der Waals surface area contributed by atoms with E-state index in [1.54, 1.807) is 6.07 Å². The molecular formula is C13H13Cl2N3. The zero-order valence-electron chi connectivity index (χ0n) is 9.79. The Hall–Kier alpha value is -1.06. The first kappa shape index (κ1) is 12.0. The quantitative estimate of drug-likeness (QED) is 0.884. The summed E-state index contributed by atoms with van der Waals surface area (Å²) in [5.74, 6) is 2.12. The van der Waals surface area contributed by atoms with Crippen LogP contribution >= 0.6 is 23.2 Å². The fourth-order valence-corrected chi connectivity index (χ4v) is 2.84. The molecule has 1 aliphatic rings. The lowest BCUT2D eigenvalue weighted by atomic mass is 10.1. The Balaban J connectivity index is 1.95. The monoisotopic (exact) mass is 281 g/mol. The number of hydrogen-bond donors (Lipinski definition) is 1. The Kier molecular flexibility index (Phi) is 3.27. The van der Waals surface area contributed by atoms with Gasteiger partial charge in [-0.15, -0.1) is 0 Å². The van der Waals surface area contributed by atoms with Gasteiger partial charge in [0.25, 0.3) is 0 Å². The van der Waals surface area contributed by atoms with Crippen LogP contribution in [0.15, 0.2) is 18.2 Å². The molecule has 5 heteroatoms. The van der Waals surface area contributed by atoms with Crippen molar-refractivity contribution in [3.8, 4) is 11.4 Å². The van der Waals surface area contributed by atoms with E-state index < -0.39 is 0 Å². The molecule has 1 aliphatic carbocycles. The summed E-state index contributed by atoms with van der Waals surface area (Å²) in [5, 5.41) is 8.32. The zero-order valence-corrected chi connectivity index (χ0v) is 11.3. The lowest BCUT2D eigenvalue weighted by molar-refractivity contribution is 0.672. The average Bonchev–Trinajstić information content (AvgIpc) is 3.01. The highest BCUT2D eigenvalue weighted by Gasteiger charge is 2.21. The number of aromatic nitrogens is 3. The molecule has 0 radical (unpaired) electrons. The fraction of sp³-hybridized carbons (Fsp3) is 0.385. The van der Waals surface area contributed by atoms with Crippen molar-refractivity contribution < 1.29 is 0 Å². The van der Waals surface area contributed by atoms with Crippen molar-refractivity contribution in [2.45, 2.75) is 31.6 Å². The van der Waals surface area contributed by atoms with Crippen molar-refractivity contribution >= 4 is 23.2 Å². The van der Waals surface area contributed by atoms with Gasteiger partial charge in [0.1, 0.15) is 5.82 Å². The lowest BCUT2D eigenvalue weighted by Crippen LogP contribution is -1.94. The number of rotatable bonds is 2. The van der Waals surface area contributed by atoms with Crippen LogP contribution in [-0.2, 0) is 0 Å². The highest BCUT2D eigenvalue weighted by molar-refractivity contribution is 6.43. The van der Waals surface area contributed by atoms with Gasteiger partial charge in [-0.2, -0.15) is 5.10 Å². The van der Waals surface area contributed by atoms with E-state index >= 15 is 0 Å². The summed E-state index contributed by atoms with van der Waals surface area (Å²) in [6, 6.07) is 5.50. The van der Waals surface area contributed by atoms with E-state index in [9.17, 15) is 0 Å². The highest BCUT2D eigenvalue weighted by Crippen LogP contribution is 2.35. The first-order valence-electron chi connectivity index (χ1n) is 6.12.